The van der Waals surface area contributed by atoms with E-state index in [4.69, 9.17) is 44.3 Å². The summed E-state index contributed by atoms with van der Waals surface area (Å²) in [5.74, 6) is -0.819. The highest BCUT2D eigenvalue weighted by Crippen LogP contribution is 2.30. The van der Waals surface area contributed by atoms with Gasteiger partial charge in [0.15, 0.2) is 16.7 Å². The molecule has 4 aromatic rings. The van der Waals surface area contributed by atoms with Crippen LogP contribution in [0.1, 0.15) is 70.3 Å². The van der Waals surface area contributed by atoms with E-state index < -0.39 is 29.4 Å². The summed E-state index contributed by atoms with van der Waals surface area (Å²) in [7, 11) is 0. The monoisotopic (exact) mass is 789 g/mol. The minimum atomic E-state index is -3.12. The molecular weight excluding hydrogens is 754 g/mol. The summed E-state index contributed by atoms with van der Waals surface area (Å²) in [6.07, 6.45) is 7.08. The molecule has 4 rings (SSSR count). The zero-order chi connectivity index (χ0) is 37.5. The van der Waals surface area contributed by atoms with Crippen molar-refractivity contribution in [3.8, 4) is 22.7 Å². The average Bonchev–Trinajstić information content (AvgIpc) is 3.39. The zero-order valence-electron chi connectivity index (χ0n) is 28.1. The average molecular weight is 791 g/mol. The molecule has 0 aliphatic carbocycles. The van der Waals surface area contributed by atoms with Crippen LogP contribution in [0.25, 0.3) is 16.9 Å². The van der Waals surface area contributed by atoms with Gasteiger partial charge in [-0.25, -0.2) is 18.5 Å². The third-order valence-electron chi connectivity index (χ3n) is 7.15. The molecule has 0 bridgehead atoms. The van der Waals surface area contributed by atoms with Gasteiger partial charge in [-0.3, -0.25) is 4.79 Å². The molecule has 2 aromatic heterocycles. The molecule has 10 nitrogen and oxygen atoms in total. The lowest BCUT2D eigenvalue weighted by atomic mass is 10.1. The molecule has 0 spiro atoms. The van der Waals surface area contributed by atoms with Gasteiger partial charge in [0, 0.05) is 28.8 Å². The predicted octanol–water partition coefficient (Wildman–Crippen LogP) is 9.63. The van der Waals surface area contributed by atoms with Gasteiger partial charge in [-0.1, -0.05) is 92.6 Å². The summed E-state index contributed by atoms with van der Waals surface area (Å²) in [4.78, 5) is 35.8. The molecule has 1 atom stereocenters. The van der Waals surface area contributed by atoms with E-state index in [0.717, 1.165) is 36.3 Å². The van der Waals surface area contributed by atoms with Crippen LogP contribution in [0.3, 0.4) is 0 Å². The third kappa shape index (κ3) is 12.5. The van der Waals surface area contributed by atoms with Crippen LogP contribution >= 0.6 is 46.6 Å². The smallest absolute Gasteiger partial charge is 0.372 e. The van der Waals surface area contributed by atoms with Gasteiger partial charge in [0.1, 0.15) is 22.6 Å². The van der Waals surface area contributed by atoms with E-state index in [9.17, 15) is 27.6 Å². The lowest BCUT2D eigenvalue weighted by molar-refractivity contribution is -0.142. The maximum atomic E-state index is 14.2. The first-order valence-corrected chi connectivity index (χ1v) is 18.2. The van der Waals surface area contributed by atoms with Crippen molar-refractivity contribution >= 4 is 57.8 Å². The molecule has 2 aromatic carbocycles. The van der Waals surface area contributed by atoms with E-state index >= 15 is 0 Å². The van der Waals surface area contributed by atoms with Crippen LogP contribution in [0.5, 0.6) is 5.75 Å². The second-order valence-electron chi connectivity index (χ2n) is 10.9. The van der Waals surface area contributed by atoms with E-state index in [1.54, 1.807) is 6.92 Å². The van der Waals surface area contributed by atoms with Crippen LogP contribution in [0.2, 0.25) is 10.2 Å². The van der Waals surface area contributed by atoms with Crippen LogP contribution in [0.15, 0.2) is 53.3 Å². The lowest BCUT2D eigenvalue weighted by Crippen LogP contribution is -2.25. The Labute approximate surface area is 312 Å². The van der Waals surface area contributed by atoms with Crippen LogP contribution in [-0.2, 0) is 16.0 Å². The van der Waals surface area contributed by atoms with E-state index in [2.05, 4.69) is 22.2 Å². The predicted molar refractivity (Wildman–Crippen MR) is 193 cm³/mol. The van der Waals surface area contributed by atoms with Crippen LogP contribution in [0, 0.1) is 12.7 Å². The number of thioether (sulfide) groups is 1. The number of esters is 1. The quantitative estimate of drug-likeness (QED) is 0.0659. The normalized spacial score (nSPS) is 11.6. The fourth-order valence-electron chi connectivity index (χ4n) is 4.65. The first-order valence-electron chi connectivity index (χ1n) is 16.1. The molecule has 1 unspecified atom stereocenters. The Hall–Kier alpha value is -3.59. The Kier molecular flexibility index (Phi) is 17.3. The maximum absolute atomic E-state index is 14.2. The number of aromatic nitrogens is 5. The maximum Gasteiger partial charge on any atom is 0.372 e. The van der Waals surface area contributed by atoms with E-state index in [1.165, 1.54) is 50.4 Å². The summed E-state index contributed by atoms with van der Waals surface area (Å²) >= 11 is 19.0. The van der Waals surface area contributed by atoms with Crippen molar-refractivity contribution in [3.05, 3.63) is 86.4 Å². The zero-order valence-corrected chi connectivity index (χ0v) is 31.2. The van der Waals surface area contributed by atoms with Crippen molar-refractivity contribution in [1.82, 2.24) is 24.5 Å². The molecule has 0 N–H and O–H groups in total. The van der Waals surface area contributed by atoms with Gasteiger partial charge in [-0.05, 0) is 49.7 Å². The van der Waals surface area contributed by atoms with Crippen LogP contribution in [-0.4, -0.2) is 53.6 Å². The number of ether oxygens (including phenoxy) is 2. The Morgan fingerprint density at radius 2 is 1.67 bits per heavy atom. The Morgan fingerprint density at radius 3 is 2.31 bits per heavy atom. The molecule has 0 amide bonds. The fourth-order valence-corrected chi connectivity index (χ4v) is 5.91. The number of benzene rings is 2. The Bertz CT molecular complexity index is 1810. The number of carbonyl (C=O) groups is 2. The molecule has 17 heteroatoms. The van der Waals surface area contributed by atoms with E-state index in [0.29, 0.717) is 16.1 Å². The van der Waals surface area contributed by atoms with Crippen molar-refractivity contribution < 1.29 is 32.2 Å². The number of hydrogen-bond donors (Lipinski definition) is 0. The first kappa shape index (κ1) is 41.8. The van der Waals surface area contributed by atoms with E-state index in [1.807, 2.05) is 30.3 Å². The Balaban J connectivity index is 0.000000276. The second kappa shape index (κ2) is 21.1. The molecule has 2 heterocycles. The van der Waals surface area contributed by atoms with Gasteiger partial charge < -0.3 is 9.47 Å². The first-order chi connectivity index (χ1) is 24.4. The van der Waals surface area contributed by atoms with Crippen molar-refractivity contribution in [2.24, 2.45) is 0 Å². The molecule has 0 saturated carbocycles. The number of unbranched alkanes of at least 4 members (excludes halogenated alkanes) is 5. The number of nitrogens with zero attached hydrogens (tertiary/aromatic N) is 5. The van der Waals surface area contributed by atoms with Crippen LogP contribution < -0.4 is 10.4 Å². The topological polar surface area (TPSA) is 118 Å². The number of aryl methyl sites for hydroxylation is 1. The number of halogens is 6. The Morgan fingerprint density at radius 1 is 0.980 bits per heavy atom. The lowest BCUT2D eigenvalue weighted by Gasteiger charge is -2.12. The molecular formula is C34H37Cl3F3N5O5S. The number of alkyl halides is 3. The SMILES string of the molecule is CCCCCCCCSC(=O)Oc1cc(Cl)nnc1-c1ccccc1.CCOC(=O)C(Cl)Cc1cc(-n2nc(C)n(C(F)F)c2=O)c(F)cc1Cl. The molecule has 51 heavy (non-hydrogen) atoms. The number of carbonyl (C=O) groups excluding carboxylic acids is 2. The summed E-state index contributed by atoms with van der Waals surface area (Å²) in [5, 5.41) is 10.3. The van der Waals surface area contributed by atoms with Crippen LogP contribution in [0.4, 0.5) is 18.0 Å². The second-order valence-corrected chi connectivity index (χ2v) is 13.3. The van der Waals surface area contributed by atoms with Crippen molar-refractivity contribution in [2.45, 2.75) is 77.6 Å². The van der Waals surface area contributed by atoms with Gasteiger partial charge in [0.25, 0.3) is 0 Å². The van der Waals surface area contributed by atoms with Crippen molar-refractivity contribution in [1.29, 1.82) is 0 Å². The number of hydrogen-bond acceptors (Lipinski definition) is 9. The molecule has 0 radical (unpaired) electrons. The standard InChI is InChI=1S/C19H23ClN2O2S.C15H14Cl2F3N3O3/c1-2-3-4-5-6-10-13-25-19(23)24-16-14-17(20)21-22-18(16)15-11-8-7-9-12-15;1-3-26-13(24)10(17)4-8-5-12(11(18)6-9(8)16)23-15(25)22(14(19)20)7(2)21-23/h7-9,11-12,14H,2-6,10,13H2,1H3;5-6,10,14H,3-4H2,1-2H3. The van der Waals surface area contributed by atoms with Gasteiger partial charge in [-0.2, -0.15) is 13.5 Å². The van der Waals surface area contributed by atoms with Gasteiger partial charge >= 0.3 is 23.5 Å². The molecule has 0 aliphatic heterocycles. The van der Waals surface area contributed by atoms with Crippen molar-refractivity contribution in [3.63, 3.8) is 0 Å². The highest BCUT2D eigenvalue weighted by Gasteiger charge is 2.24. The molecule has 276 valence electrons. The third-order valence-corrected chi connectivity index (χ3v) is 8.83. The van der Waals surface area contributed by atoms with Gasteiger partial charge in [0.2, 0.25) is 0 Å². The van der Waals surface area contributed by atoms with Gasteiger partial charge in [0.05, 0.1) is 6.61 Å². The highest BCUT2D eigenvalue weighted by atomic mass is 35.5. The summed E-state index contributed by atoms with van der Waals surface area (Å²) in [6.45, 7) is 2.01. The van der Waals surface area contributed by atoms with Crippen molar-refractivity contribution in [2.75, 3.05) is 12.4 Å². The summed E-state index contributed by atoms with van der Waals surface area (Å²) in [6, 6.07) is 13.0. The highest BCUT2D eigenvalue weighted by molar-refractivity contribution is 8.13. The molecule has 0 fully saturated rings. The molecule has 0 saturated heterocycles. The fraction of sp³-hybridized carbons (Fsp3) is 0.412. The molecule has 0 aliphatic rings. The minimum absolute atomic E-state index is 0.0424. The van der Waals surface area contributed by atoms with E-state index in [-0.39, 0.29) is 50.1 Å². The largest absolute Gasteiger partial charge is 0.465 e. The summed E-state index contributed by atoms with van der Waals surface area (Å²) < 4.78 is 51.0. The minimum Gasteiger partial charge on any atom is -0.465 e. The van der Waals surface area contributed by atoms with Gasteiger partial charge in [-0.15, -0.1) is 26.9 Å². The number of rotatable bonds is 15. The summed E-state index contributed by atoms with van der Waals surface area (Å²) in [5.41, 5.74) is -0.0247.